The van der Waals surface area contributed by atoms with Gasteiger partial charge in [0.05, 0.1) is 11.4 Å². The molecule has 0 bridgehead atoms. The number of hydrogen-bond donors (Lipinski definition) is 2. The van der Waals surface area contributed by atoms with Crippen LogP contribution in [0.25, 0.3) is 0 Å². The second kappa shape index (κ2) is 5.31. The summed E-state index contributed by atoms with van der Waals surface area (Å²) in [4.78, 5) is 0. The van der Waals surface area contributed by atoms with Crippen LogP contribution >= 0.6 is 0 Å². The van der Waals surface area contributed by atoms with Gasteiger partial charge >= 0.3 is 0 Å². The molecular formula is C16H19FN2. The molecule has 3 heteroatoms. The monoisotopic (exact) mass is 258 g/mol. The number of rotatable bonds is 3. The summed E-state index contributed by atoms with van der Waals surface area (Å²) in [6, 6.07) is 8.99. The third kappa shape index (κ3) is 2.87. The van der Waals surface area contributed by atoms with Crippen molar-refractivity contribution in [3.8, 4) is 0 Å². The van der Waals surface area contributed by atoms with E-state index in [4.69, 9.17) is 5.73 Å². The minimum absolute atomic E-state index is 0.318. The molecule has 3 N–H and O–H groups in total. The summed E-state index contributed by atoms with van der Waals surface area (Å²) >= 11 is 0. The summed E-state index contributed by atoms with van der Waals surface area (Å²) in [5, 5.41) is 3.09. The number of anilines is 2. The van der Waals surface area contributed by atoms with Crippen molar-refractivity contribution in [1.29, 1.82) is 0 Å². The van der Waals surface area contributed by atoms with Crippen LogP contribution < -0.4 is 11.1 Å². The second-order valence-corrected chi connectivity index (χ2v) is 4.92. The fraction of sp³-hybridized carbons (Fsp3) is 0.250. The van der Waals surface area contributed by atoms with Crippen molar-refractivity contribution in [2.75, 3.05) is 11.1 Å². The van der Waals surface area contributed by atoms with Crippen LogP contribution in [0.5, 0.6) is 0 Å². The first-order valence-corrected chi connectivity index (χ1v) is 6.33. The molecule has 2 nitrogen and oxygen atoms in total. The molecule has 0 amide bonds. The van der Waals surface area contributed by atoms with E-state index in [1.807, 2.05) is 0 Å². The molecule has 0 heterocycles. The highest BCUT2D eigenvalue weighted by Gasteiger charge is 2.07. The van der Waals surface area contributed by atoms with Gasteiger partial charge in [0.25, 0.3) is 0 Å². The lowest BCUT2D eigenvalue weighted by atomic mass is 10.0. The lowest BCUT2D eigenvalue weighted by Gasteiger charge is -2.13. The maximum absolute atomic E-state index is 13.7. The van der Waals surface area contributed by atoms with Crippen LogP contribution in [0, 0.1) is 26.6 Å². The van der Waals surface area contributed by atoms with Gasteiger partial charge in [0.15, 0.2) is 0 Å². The van der Waals surface area contributed by atoms with Crippen molar-refractivity contribution in [2.24, 2.45) is 0 Å². The molecule has 0 aromatic heterocycles. The van der Waals surface area contributed by atoms with Crippen molar-refractivity contribution >= 4 is 11.4 Å². The normalized spacial score (nSPS) is 10.5. The van der Waals surface area contributed by atoms with E-state index in [1.54, 1.807) is 12.1 Å². The number of para-hydroxylation sites is 1. The van der Waals surface area contributed by atoms with Crippen LogP contribution in [-0.2, 0) is 6.54 Å². The van der Waals surface area contributed by atoms with Crippen LogP contribution in [0.2, 0.25) is 0 Å². The van der Waals surface area contributed by atoms with Crippen molar-refractivity contribution in [3.63, 3.8) is 0 Å². The maximum atomic E-state index is 13.7. The van der Waals surface area contributed by atoms with Gasteiger partial charge in [-0.15, -0.1) is 0 Å². The number of nitrogens with one attached hydrogen (secondary N) is 1. The minimum Gasteiger partial charge on any atom is -0.397 e. The molecule has 2 aromatic carbocycles. The van der Waals surface area contributed by atoms with Crippen LogP contribution in [0.1, 0.15) is 22.3 Å². The average molecular weight is 258 g/mol. The van der Waals surface area contributed by atoms with E-state index in [9.17, 15) is 4.39 Å². The highest BCUT2D eigenvalue weighted by atomic mass is 19.1. The zero-order valence-corrected chi connectivity index (χ0v) is 11.5. The first-order valence-electron chi connectivity index (χ1n) is 6.33. The molecule has 0 atom stereocenters. The van der Waals surface area contributed by atoms with Crippen molar-refractivity contribution in [1.82, 2.24) is 0 Å². The molecule has 0 aliphatic carbocycles. The third-order valence-corrected chi connectivity index (χ3v) is 3.45. The zero-order chi connectivity index (χ0) is 14.0. The molecule has 0 saturated heterocycles. The summed E-state index contributed by atoms with van der Waals surface area (Å²) < 4.78 is 13.7. The average Bonchev–Trinajstić information content (AvgIpc) is 2.34. The molecule has 2 aromatic rings. The minimum atomic E-state index is -0.318. The lowest BCUT2D eigenvalue weighted by Crippen LogP contribution is -2.06. The standard InChI is InChI=1S/C16H19FN2/c1-10-7-12(3)13(8-11(10)2)9-19-16-14(17)5-4-6-15(16)18/h4-8,19H,9,18H2,1-3H3. The molecule has 0 radical (unpaired) electrons. The van der Waals surface area contributed by atoms with E-state index >= 15 is 0 Å². The van der Waals surface area contributed by atoms with Crippen LogP contribution in [-0.4, -0.2) is 0 Å². The van der Waals surface area contributed by atoms with Crippen LogP contribution in [0.3, 0.4) is 0 Å². The van der Waals surface area contributed by atoms with Crippen molar-refractivity contribution in [2.45, 2.75) is 27.3 Å². The molecule has 0 aliphatic rings. The SMILES string of the molecule is Cc1cc(C)c(CNc2c(N)cccc2F)cc1C. The smallest absolute Gasteiger partial charge is 0.148 e. The first-order chi connectivity index (χ1) is 8.99. The second-order valence-electron chi connectivity index (χ2n) is 4.92. The molecule has 19 heavy (non-hydrogen) atoms. The van der Waals surface area contributed by atoms with Gasteiger partial charge in [-0.2, -0.15) is 0 Å². The molecule has 0 aliphatic heterocycles. The Bertz CT molecular complexity index is 586. The number of nitrogens with two attached hydrogens (primary N) is 1. The van der Waals surface area contributed by atoms with E-state index in [0.29, 0.717) is 17.9 Å². The summed E-state index contributed by atoms with van der Waals surface area (Å²) in [5.74, 6) is -0.318. The predicted octanol–water partition coefficient (Wildman–Crippen LogP) is 3.95. The Morgan fingerprint density at radius 3 is 2.42 bits per heavy atom. The molecule has 0 unspecified atom stereocenters. The highest BCUT2D eigenvalue weighted by molar-refractivity contribution is 5.66. The Hall–Kier alpha value is -2.03. The fourth-order valence-corrected chi connectivity index (χ4v) is 2.12. The fourth-order valence-electron chi connectivity index (χ4n) is 2.12. The van der Waals surface area contributed by atoms with E-state index in [-0.39, 0.29) is 5.82 Å². The number of halogens is 1. The third-order valence-electron chi connectivity index (χ3n) is 3.45. The van der Waals surface area contributed by atoms with Gasteiger partial charge in [-0.1, -0.05) is 18.2 Å². The Morgan fingerprint density at radius 1 is 1.05 bits per heavy atom. The Morgan fingerprint density at radius 2 is 1.74 bits per heavy atom. The van der Waals surface area contributed by atoms with Gasteiger partial charge in [-0.25, -0.2) is 4.39 Å². The van der Waals surface area contributed by atoms with Crippen LogP contribution in [0.4, 0.5) is 15.8 Å². The van der Waals surface area contributed by atoms with E-state index in [0.717, 1.165) is 5.56 Å². The summed E-state index contributed by atoms with van der Waals surface area (Å²) in [6.45, 7) is 6.80. The molecule has 0 spiro atoms. The number of benzene rings is 2. The van der Waals surface area contributed by atoms with E-state index < -0.39 is 0 Å². The number of aryl methyl sites for hydroxylation is 3. The molecule has 2 rings (SSSR count). The quantitative estimate of drug-likeness (QED) is 0.818. The Labute approximate surface area is 113 Å². The van der Waals surface area contributed by atoms with Gasteiger partial charge in [-0.05, 0) is 55.2 Å². The van der Waals surface area contributed by atoms with E-state index in [2.05, 4.69) is 38.2 Å². The van der Waals surface area contributed by atoms with Gasteiger partial charge < -0.3 is 11.1 Å². The van der Waals surface area contributed by atoms with Crippen molar-refractivity contribution in [3.05, 3.63) is 58.4 Å². The van der Waals surface area contributed by atoms with Crippen molar-refractivity contribution < 1.29 is 4.39 Å². The summed E-state index contributed by atoms with van der Waals surface area (Å²) in [5.41, 5.74) is 11.4. The zero-order valence-electron chi connectivity index (χ0n) is 11.5. The van der Waals surface area contributed by atoms with Crippen LogP contribution in [0.15, 0.2) is 30.3 Å². The lowest BCUT2D eigenvalue weighted by molar-refractivity contribution is 0.630. The molecule has 0 fully saturated rings. The molecular weight excluding hydrogens is 239 g/mol. The largest absolute Gasteiger partial charge is 0.397 e. The number of hydrogen-bond acceptors (Lipinski definition) is 2. The Balaban J connectivity index is 2.22. The van der Waals surface area contributed by atoms with Gasteiger partial charge in [0.1, 0.15) is 5.82 Å². The topological polar surface area (TPSA) is 38.0 Å². The van der Waals surface area contributed by atoms with Gasteiger partial charge in [0.2, 0.25) is 0 Å². The predicted molar refractivity (Wildman–Crippen MR) is 78.8 cm³/mol. The highest BCUT2D eigenvalue weighted by Crippen LogP contribution is 2.23. The van der Waals surface area contributed by atoms with E-state index in [1.165, 1.54) is 22.8 Å². The molecule has 0 saturated carbocycles. The van der Waals surface area contributed by atoms with Gasteiger partial charge in [-0.3, -0.25) is 0 Å². The van der Waals surface area contributed by atoms with Gasteiger partial charge in [0, 0.05) is 6.54 Å². The Kier molecular flexibility index (Phi) is 3.74. The summed E-state index contributed by atoms with van der Waals surface area (Å²) in [7, 11) is 0. The number of nitrogen functional groups attached to an aromatic ring is 1. The first kappa shape index (κ1) is 13.4. The molecule has 100 valence electrons. The summed E-state index contributed by atoms with van der Waals surface area (Å²) in [6.07, 6.45) is 0. The maximum Gasteiger partial charge on any atom is 0.148 e.